The number of pyridine rings is 1. The molecule has 0 bridgehead atoms. The van der Waals surface area contributed by atoms with Gasteiger partial charge in [0.05, 0.1) is 28.9 Å². The number of hydrogen-bond donors (Lipinski definition) is 1. The molecule has 1 atom stereocenters. The largest absolute Gasteiger partial charge is 0.388 e. The van der Waals surface area contributed by atoms with Gasteiger partial charge >= 0.3 is 0 Å². The van der Waals surface area contributed by atoms with Crippen molar-refractivity contribution >= 4 is 16.9 Å². The van der Waals surface area contributed by atoms with Crippen LogP contribution in [-0.2, 0) is 0 Å². The van der Waals surface area contributed by atoms with Crippen LogP contribution in [0.3, 0.4) is 0 Å². The number of aliphatic hydroxyl groups is 1. The second-order valence-corrected chi connectivity index (χ2v) is 9.33. The highest BCUT2D eigenvalue weighted by Crippen LogP contribution is 2.32. The summed E-state index contributed by atoms with van der Waals surface area (Å²) in [5, 5.41) is 16.1. The smallest absolute Gasteiger partial charge is 0.254 e. The first-order chi connectivity index (χ1) is 16.5. The van der Waals surface area contributed by atoms with Crippen molar-refractivity contribution in [2.75, 3.05) is 13.1 Å². The van der Waals surface area contributed by atoms with Gasteiger partial charge in [0, 0.05) is 24.7 Å². The average Bonchev–Trinajstić information content (AvgIpc) is 3.33. The van der Waals surface area contributed by atoms with Crippen molar-refractivity contribution in [1.82, 2.24) is 19.7 Å². The van der Waals surface area contributed by atoms with Crippen LogP contribution in [0.1, 0.15) is 54.8 Å². The van der Waals surface area contributed by atoms with E-state index in [4.69, 9.17) is 4.98 Å². The van der Waals surface area contributed by atoms with Gasteiger partial charge in [0.15, 0.2) is 5.65 Å². The Hall–Kier alpha value is -3.51. The minimum absolute atomic E-state index is 0.000498. The van der Waals surface area contributed by atoms with E-state index in [-0.39, 0.29) is 17.9 Å². The number of aromatic nitrogens is 3. The molecule has 5 rings (SSSR count). The monoisotopic (exact) mass is 454 g/mol. The molecule has 2 aromatic heterocycles. The van der Waals surface area contributed by atoms with E-state index >= 15 is 0 Å². The van der Waals surface area contributed by atoms with Crippen LogP contribution in [0, 0.1) is 5.92 Å². The number of piperidine rings is 1. The lowest BCUT2D eigenvalue weighted by atomic mass is 9.87. The Labute approximate surface area is 199 Å². The van der Waals surface area contributed by atoms with Crippen molar-refractivity contribution in [3.63, 3.8) is 0 Å². The molecule has 4 aromatic rings. The molecule has 0 aliphatic carbocycles. The molecule has 174 valence electrons. The van der Waals surface area contributed by atoms with Crippen LogP contribution in [0.5, 0.6) is 0 Å². The van der Waals surface area contributed by atoms with Crippen LogP contribution in [0.15, 0.2) is 72.9 Å². The predicted octanol–water partition coefficient (Wildman–Crippen LogP) is 5.27. The number of likely N-dealkylation sites (tertiary alicyclic amines) is 1. The van der Waals surface area contributed by atoms with Crippen LogP contribution in [0.4, 0.5) is 0 Å². The molecular weight excluding hydrogens is 424 g/mol. The zero-order valence-electron chi connectivity index (χ0n) is 19.6. The number of rotatable bonds is 5. The summed E-state index contributed by atoms with van der Waals surface area (Å²) in [6.07, 6.45) is 2.80. The molecule has 1 unspecified atom stereocenters. The Bertz CT molecular complexity index is 1280. The number of aliphatic hydroxyl groups excluding tert-OH is 1. The zero-order valence-corrected chi connectivity index (χ0v) is 19.6. The Kier molecular flexibility index (Phi) is 6.16. The number of fused-ring (bicyclic) bond motifs is 1. The minimum Gasteiger partial charge on any atom is -0.388 e. The molecule has 1 aliphatic rings. The number of nitrogens with zero attached hydrogens (tertiary/aromatic N) is 4. The maximum Gasteiger partial charge on any atom is 0.254 e. The van der Waals surface area contributed by atoms with Gasteiger partial charge in [-0.25, -0.2) is 9.67 Å². The van der Waals surface area contributed by atoms with E-state index in [0.717, 1.165) is 40.7 Å². The van der Waals surface area contributed by atoms with Crippen molar-refractivity contribution in [2.45, 2.75) is 38.8 Å². The number of hydrogen-bond acceptors (Lipinski definition) is 4. The van der Waals surface area contributed by atoms with Crippen LogP contribution in [0.2, 0.25) is 0 Å². The molecule has 6 nitrogen and oxygen atoms in total. The first kappa shape index (κ1) is 22.3. The number of benzene rings is 2. The third-order valence-electron chi connectivity index (χ3n) is 6.77. The van der Waals surface area contributed by atoms with Crippen LogP contribution in [0.25, 0.3) is 22.3 Å². The molecule has 0 radical (unpaired) electrons. The Morgan fingerprint density at radius 1 is 1.00 bits per heavy atom. The van der Waals surface area contributed by atoms with Crippen LogP contribution < -0.4 is 0 Å². The van der Waals surface area contributed by atoms with E-state index in [2.05, 4.69) is 18.9 Å². The van der Waals surface area contributed by atoms with E-state index in [1.54, 1.807) is 6.20 Å². The third kappa shape index (κ3) is 4.21. The molecule has 34 heavy (non-hydrogen) atoms. The lowest BCUT2D eigenvalue weighted by Crippen LogP contribution is -2.39. The zero-order chi connectivity index (χ0) is 23.7. The van der Waals surface area contributed by atoms with Gasteiger partial charge in [-0.3, -0.25) is 4.79 Å². The van der Waals surface area contributed by atoms with E-state index in [0.29, 0.717) is 18.7 Å². The fraction of sp³-hybridized carbons (Fsp3) is 0.321. The molecule has 1 amide bonds. The van der Waals surface area contributed by atoms with Crippen LogP contribution >= 0.6 is 0 Å². The molecule has 1 aliphatic heterocycles. The maximum atomic E-state index is 13.7. The molecule has 2 aromatic carbocycles. The summed E-state index contributed by atoms with van der Waals surface area (Å²) in [5.41, 5.74) is 4.05. The highest BCUT2D eigenvalue weighted by molar-refractivity contribution is 6.06. The SMILES string of the molecule is CC(C)n1ncc2c(C(=O)N3CCC(C(O)c4ccccc4)CC3)cc(-c3ccccc3)nc21. The fourth-order valence-corrected chi connectivity index (χ4v) is 4.84. The van der Waals surface area contributed by atoms with Gasteiger partial charge in [-0.1, -0.05) is 60.7 Å². The summed E-state index contributed by atoms with van der Waals surface area (Å²) in [6.45, 7) is 5.37. The average molecular weight is 455 g/mol. The quantitative estimate of drug-likeness (QED) is 0.446. The Morgan fingerprint density at radius 2 is 1.65 bits per heavy atom. The maximum absolute atomic E-state index is 13.7. The van der Waals surface area contributed by atoms with Gasteiger partial charge < -0.3 is 10.0 Å². The first-order valence-electron chi connectivity index (χ1n) is 12.0. The molecule has 6 heteroatoms. The number of carbonyl (C=O) groups excluding carboxylic acids is 1. The van der Waals surface area contributed by atoms with Gasteiger partial charge in [-0.15, -0.1) is 0 Å². The summed E-state index contributed by atoms with van der Waals surface area (Å²) < 4.78 is 1.88. The second-order valence-electron chi connectivity index (χ2n) is 9.33. The third-order valence-corrected chi connectivity index (χ3v) is 6.77. The minimum atomic E-state index is -0.500. The van der Waals surface area contributed by atoms with Crippen molar-refractivity contribution < 1.29 is 9.90 Å². The van der Waals surface area contributed by atoms with Crippen molar-refractivity contribution in [1.29, 1.82) is 0 Å². The molecular formula is C28H30N4O2. The summed E-state index contributed by atoms with van der Waals surface area (Å²) in [7, 11) is 0. The molecule has 1 N–H and O–H groups in total. The van der Waals surface area contributed by atoms with Gasteiger partial charge in [-0.05, 0) is 44.2 Å². The predicted molar refractivity (Wildman–Crippen MR) is 133 cm³/mol. The van der Waals surface area contributed by atoms with E-state index < -0.39 is 6.10 Å². The molecule has 1 saturated heterocycles. The van der Waals surface area contributed by atoms with Crippen molar-refractivity contribution in [3.8, 4) is 11.3 Å². The van der Waals surface area contributed by atoms with E-state index in [1.807, 2.05) is 76.3 Å². The van der Waals surface area contributed by atoms with Gasteiger partial charge in [0.2, 0.25) is 0 Å². The lowest BCUT2D eigenvalue weighted by molar-refractivity contribution is 0.0463. The van der Waals surface area contributed by atoms with Gasteiger partial charge in [0.1, 0.15) is 0 Å². The Morgan fingerprint density at radius 3 is 2.29 bits per heavy atom. The molecule has 3 heterocycles. The molecule has 0 saturated carbocycles. The summed E-state index contributed by atoms with van der Waals surface area (Å²) in [6, 6.07) is 21.8. The van der Waals surface area contributed by atoms with Gasteiger partial charge in [0.25, 0.3) is 5.91 Å². The normalized spacial score (nSPS) is 15.7. The number of carbonyl (C=O) groups is 1. The first-order valence-corrected chi connectivity index (χ1v) is 12.0. The molecule has 1 fully saturated rings. The van der Waals surface area contributed by atoms with Crippen molar-refractivity contribution in [2.24, 2.45) is 5.92 Å². The topological polar surface area (TPSA) is 71.2 Å². The highest BCUT2D eigenvalue weighted by Gasteiger charge is 2.30. The summed E-state index contributed by atoms with van der Waals surface area (Å²) in [5.74, 6) is 0.146. The van der Waals surface area contributed by atoms with E-state index in [9.17, 15) is 9.90 Å². The summed E-state index contributed by atoms with van der Waals surface area (Å²) >= 11 is 0. The Balaban J connectivity index is 1.43. The highest BCUT2D eigenvalue weighted by atomic mass is 16.3. The van der Waals surface area contributed by atoms with Crippen LogP contribution in [-0.4, -0.2) is 43.8 Å². The van der Waals surface area contributed by atoms with Gasteiger partial charge in [-0.2, -0.15) is 5.10 Å². The second kappa shape index (κ2) is 9.39. The standard InChI is InChI=1S/C28H30N4O2/c1-19(2)32-27-24(18-29-32)23(17-25(30-27)20-9-5-3-6-10-20)28(34)31-15-13-22(14-16-31)26(33)21-11-7-4-8-12-21/h3-12,17-19,22,26,33H,13-16H2,1-2H3. The fourth-order valence-electron chi connectivity index (χ4n) is 4.84. The molecule has 0 spiro atoms. The van der Waals surface area contributed by atoms with Crippen molar-refractivity contribution in [3.05, 3.63) is 84.1 Å². The number of amides is 1. The lowest BCUT2D eigenvalue weighted by Gasteiger charge is -2.34. The summed E-state index contributed by atoms with van der Waals surface area (Å²) in [4.78, 5) is 20.5. The van der Waals surface area contributed by atoms with E-state index in [1.165, 1.54) is 0 Å².